The van der Waals surface area contributed by atoms with Crippen LogP contribution in [0.25, 0.3) is 10.9 Å². The van der Waals surface area contributed by atoms with E-state index < -0.39 is 10.0 Å². The van der Waals surface area contributed by atoms with E-state index in [0.29, 0.717) is 31.6 Å². The Morgan fingerprint density at radius 2 is 1.61 bits per heavy atom. The molecular formula is C21H21N3O3S. The largest absolute Gasteiger partial charge is 0.337 e. The van der Waals surface area contributed by atoms with Gasteiger partial charge in [0, 0.05) is 24.5 Å². The van der Waals surface area contributed by atoms with E-state index in [9.17, 15) is 13.2 Å². The summed E-state index contributed by atoms with van der Waals surface area (Å²) in [4.78, 5) is 19.2. The van der Waals surface area contributed by atoms with Crippen molar-refractivity contribution in [3.63, 3.8) is 0 Å². The first kappa shape index (κ1) is 18.6. The molecule has 3 aromatic rings. The van der Waals surface area contributed by atoms with Gasteiger partial charge in [0.2, 0.25) is 10.0 Å². The molecule has 144 valence electrons. The maximum Gasteiger partial charge on any atom is 0.272 e. The number of carbonyl (C=O) groups is 1. The number of nitrogens with one attached hydrogen (secondary N) is 1. The number of benzene rings is 2. The summed E-state index contributed by atoms with van der Waals surface area (Å²) in [6.07, 6.45) is 1.15. The summed E-state index contributed by atoms with van der Waals surface area (Å²) in [5.74, 6) is -0.116. The molecule has 1 saturated heterocycles. The molecule has 0 radical (unpaired) electrons. The van der Waals surface area contributed by atoms with Gasteiger partial charge in [-0.15, -0.1) is 0 Å². The molecule has 1 amide bonds. The second-order valence-electron chi connectivity index (χ2n) is 6.89. The van der Waals surface area contributed by atoms with E-state index in [-0.39, 0.29) is 16.8 Å². The van der Waals surface area contributed by atoms with Crippen molar-refractivity contribution in [3.8, 4) is 0 Å². The molecule has 2 heterocycles. The van der Waals surface area contributed by atoms with Crippen LogP contribution in [0.5, 0.6) is 0 Å². The molecule has 1 aliphatic rings. The molecule has 0 aliphatic carbocycles. The van der Waals surface area contributed by atoms with Crippen LogP contribution in [0.3, 0.4) is 0 Å². The van der Waals surface area contributed by atoms with Gasteiger partial charge in [-0.25, -0.2) is 18.1 Å². The Hall–Kier alpha value is -2.77. The van der Waals surface area contributed by atoms with Crippen LogP contribution in [-0.2, 0) is 10.0 Å². The molecule has 4 rings (SSSR count). The summed E-state index contributed by atoms with van der Waals surface area (Å²) in [7, 11) is -3.54. The van der Waals surface area contributed by atoms with Crippen molar-refractivity contribution in [2.75, 3.05) is 13.1 Å². The highest BCUT2D eigenvalue weighted by Gasteiger charge is 2.27. The fourth-order valence-electron chi connectivity index (χ4n) is 3.43. The molecule has 0 atom stereocenters. The summed E-state index contributed by atoms with van der Waals surface area (Å²) in [5, 5.41) is 0.994. The van der Waals surface area contributed by atoms with Crippen LogP contribution in [0, 0.1) is 0 Å². The first-order valence-electron chi connectivity index (χ1n) is 9.25. The van der Waals surface area contributed by atoms with Crippen LogP contribution < -0.4 is 4.72 Å². The van der Waals surface area contributed by atoms with Crippen LogP contribution in [-0.4, -0.2) is 43.3 Å². The molecule has 1 aliphatic heterocycles. The number of nitrogens with zero attached hydrogens (tertiary/aromatic N) is 2. The third kappa shape index (κ3) is 3.90. The fourth-order valence-corrected chi connectivity index (χ4v) is 4.76. The number of sulfonamides is 1. The predicted molar refractivity (Wildman–Crippen MR) is 107 cm³/mol. The SMILES string of the molecule is O=C(c1ccc2ccccc2n1)N1CCC(NS(=O)(=O)c2ccccc2)CC1. The predicted octanol–water partition coefficient (Wildman–Crippen LogP) is 2.82. The Kier molecular flexibility index (Phi) is 5.11. The van der Waals surface area contributed by atoms with Gasteiger partial charge in [0.15, 0.2) is 0 Å². The molecule has 0 saturated carbocycles. The number of hydrogen-bond acceptors (Lipinski definition) is 4. The van der Waals surface area contributed by atoms with Crippen molar-refractivity contribution < 1.29 is 13.2 Å². The number of piperidine rings is 1. The normalized spacial score (nSPS) is 15.6. The molecule has 2 aromatic carbocycles. The van der Waals surface area contributed by atoms with Gasteiger partial charge in [-0.1, -0.05) is 42.5 Å². The summed E-state index contributed by atoms with van der Waals surface area (Å²) < 4.78 is 27.7. The van der Waals surface area contributed by atoms with Crippen molar-refractivity contribution in [2.45, 2.75) is 23.8 Å². The Morgan fingerprint density at radius 1 is 0.929 bits per heavy atom. The summed E-state index contributed by atoms with van der Waals surface area (Å²) in [6, 6.07) is 19.5. The van der Waals surface area contributed by atoms with E-state index in [1.54, 1.807) is 41.3 Å². The highest BCUT2D eigenvalue weighted by atomic mass is 32.2. The minimum Gasteiger partial charge on any atom is -0.337 e. The van der Waals surface area contributed by atoms with E-state index in [1.807, 2.05) is 30.3 Å². The lowest BCUT2D eigenvalue weighted by Crippen LogP contribution is -2.46. The van der Waals surface area contributed by atoms with Crippen LogP contribution in [0.1, 0.15) is 23.3 Å². The molecular weight excluding hydrogens is 374 g/mol. The highest BCUT2D eigenvalue weighted by molar-refractivity contribution is 7.89. The van der Waals surface area contributed by atoms with Gasteiger partial charge in [-0.2, -0.15) is 0 Å². The number of fused-ring (bicyclic) bond motifs is 1. The van der Waals surface area contributed by atoms with Crippen LogP contribution in [0.2, 0.25) is 0 Å². The number of aromatic nitrogens is 1. The smallest absolute Gasteiger partial charge is 0.272 e. The number of rotatable bonds is 4. The van der Waals surface area contributed by atoms with Gasteiger partial charge in [0.1, 0.15) is 5.69 Å². The van der Waals surface area contributed by atoms with E-state index in [0.717, 1.165) is 10.9 Å². The minimum absolute atomic E-state index is 0.116. The lowest BCUT2D eigenvalue weighted by atomic mass is 10.1. The average molecular weight is 395 g/mol. The Morgan fingerprint density at radius 3 is 2.36 bits per heavy atom. The van der Waals surface area contributed by atoms with E-state index in [1.165, 1.54) is 0 Å². The highest BCUT2D eigenvalue weighted by Crippen LogP contribution is 2.18. The van der Waals surface area contributed by atoms with E-state index >= 15 is 0 Å². The van der Waals surface area contributed by atoms with Gasteiger partial charge in [-0.3, -0.25) is 4.79 Å². The van der Waals surface area contributed by atoms with Crippen LogP contribution in [0.15, 0.2) is 71.6 Å². The van der Waals surface area contributed by atoms with E-state index in [4.69, 9.17) is 0 Å². The van der Waals surface area contributed by atoms with Gasteiger partial charge < -0.3 is 4.90 Å². The fraction of sp³-hybridized carbons (Fsp3) is 0.238. The van der Waals surface area contributed by atoms with Crippen molar-refractivity contribution in [3.05, 3.63) is 72.4 Å². The molecule has 0 bridgehead atoms. The standard InChI is InChI=1S/C21H21N3O3S/c25-21(20-11-10-16-6-4-5-9-19(16)22-20)24-14-12-17(13-15-24)23-28(26,27)18-7-2-1-3-8-18/h1-11,17,23H,12-15H2. The maximum atomic E-state index is 12.8. The Bertz CT molecular complexity index is 1090. The zero-order chi connectivity index (χ0) is 19.6. The number of carbonyl (C=O) groups excluding carboxylic acids is 1. The average Bonchev–Trinajstić information content (AvgIpc) is 2.74. The number of amides is 1. The molecule has 1 N–H and O–H groups in total. The molecule has 1 fully saturated rings. The third-order valence-corrected chi connectivity index (χ3v) is 6.51. The Balaban J connectivity index is 1.40. The second-order valence-corrected chi connectivity index (χ2v) is 8.60. The lowest BCUT2D eigenvalue weighted by molar-refractivity contribution is 0.0706. The maximum absolute atomic E-state index is 12.8. The molecule has 6 nitrogen and oxygen atoms in total. The molecule has 1 aromatic heterocycles. The number of pyridine rings is 1. The zero-order valence-electron chi connectivity index (χ0n) is 15.3. The number of likely N-dealkylation sites (tertiary alicyclic amines) is 1. The van der Waals surface area contributed by atoms with Gasteiger partial charge in [-0.05, 0) is 37.1 Å². The first-order valence-corrected chi connectivity index (χ1v) is 10.7. The van der Waals surface area contributed by atoms with Crippen LogP contribution >= 0.6 is 0 Å². The van der Waals surface area contributed by atoms with Crippen LogP contribution in [0.4, 0.5) is 0 Å². The monoisotopic (exact) mass is 395 g/mol. The molecule has 7 heteroatoms. The zero-order valence-corrected chi connectivity index (χ0v) is 16.1. The minimum atomic E-state index is -3.54. The topological polar surface area (TPSA) is 79.4 Å². The first-order chi connectivity index (χ1) is 13.5. The second kappa shape index (κ2) is 7.69. The number of para-hydroxylation sites is 1. The third-order valence-electron chi connectivity index (χ3n) is 4.98. The van der Waals surface area contributed by atoms with E-state index in [2.05, 4.69) is 9.71 Å². The van der Waals surface area contributed by atoms with Crippen molar-refractivity contribution in [2.24, 2.45) is 0 Å². The van der Waals surface area contributed by atoms with Crippen molar-refractivity contribution in [1.82, 2.24) is 14.6 Å². The molecule has 0 spiro atoms. The molecule has 0 unspecified atom stereocenters. The van der Waals surface area contributed by atoms with Crippen molar-refractivity contribution in [1.29, 1.82) is 0 Å². The van der Waals surface area contributed by atoms with Gasteiger partial charge >= 0.3 is 0 Å². The Labute approximate surface area is 164 Å². The van der Waals surface area contributed by atoms with Crippen molar-refractivity contribution >= 4 is 26.8 Å². The lowest BCUT2D eigenvalue weighted by Gasteiger charge is -2.32. The summed E-state index contributed by atoms with van der Waals surface area (Å²) >= 11 is 0. The summed E-state index contributed by atoms with van der Waals surface area (Å²) in [5.41, 5.74) is 1.21. The number of hydrogen-bond donors (Lipinski definition) is 1. The molecule has 28 heavy (non-hydrogen) atoms. The quantitative estimate of drug-likeness (QED) is 0.737. The van der Waals surface area contributed by atoms with Gasteiger partial charge in [0.25, 0.3) is 5.91 Å². The summed E-state index contributed by atoms with van der Waals surface area (Å²) in [6.45, 7) is 0.991. The van der Waals surface area contributed by atoms with Gasteiger partial charge in [0.05, 0.1) is 10.4 Å².